The number of nitrogens with zero attached hydrogens (tertiary/aromatic N) is 1. The standard InChI is InChI=1S/C32H34N2O8/c1-21-19-34(30(37)33-29(21)36)28-18-27(35)31(40-4,42-28)20-41-32(22-8-6-5-7-9-22,23-10-14-25(38-2)15-11-23)24-12-16-26(39-3)17-13-24/h5-17,19,27-28,35H,18,20H2,1-4H3,(H,33,36,37)/t27-,28+,31-/m0/s1. The van der Waals surface area contributed by atoms with Gasteiger partial charge in [-0.3, -0.25) is 14.3 Å². The number of H-pyrrole nitrogens is 1. The number of rotatable bonds is 10. The van der Waals surface area contributed by atoms with Crippen LogP contribution in [0.5, 0.6) is 11.5 Å². The highest BCUT2D eigenvalue weighted by Gasteiger charge is 2.52. The first-order chi connectivity index (χ1) is 20.3. The molecule has 1 aliphatic rings. The van der Waals surface area contributed by atoms with Crippen molar-refractivity contribution in [2.75, 3.05) is 27.9 Å². The van der Waals surface area contributed by atoms with Crippen molar-refractivity contribution >= 4 is 0 Å². The molecule has 2 N–H and O–H groups in total. The molecular formula is C32H34N2O8. The van der Waals surface area contributed by atoms with Gasteiger partial charge in [0.2, 0.25) is 5.79 Å². The maximum Gasteiger partial charge on any atom is 0.330 e. The van der Waals surface area contributed by atoms with Crippen molar-refractivity contribution in [2.45, 2.75) is 37.1 Å². The summed E-state index contributed by atoms with van der Waals surface area (Å²) in [6, 6.07) is 24.8. The third kappa shape index (κ3) is 5.25. The summed E-state index contributed by atoms with van der Waals surface area (Å²) in [5.74, 6) is -0.265. The molecule has 0 aliphatic carbocycles. The normalized spacial score (nSPS) is 20.4. The Bertz CT molecular complexity index is 1570. The number of aliphatic hydroxyl groups is 1. The van der Waals surface area contributed by atoms with Crippen LogP contribution in [0.25, 0.3) is 0 Å². The first-order valence-electron chi connectivity index (χ1n) is 13.5. The summed E-state index contributed by atoms with van der Waals surface area (Å²) in [5, 5.41) is 11.3. The van der Waals surface area contributed by atoms with Crippen molar-refractivity contribution in [3.63, 3.8) is 0 Å². The fourth-order valence-electron chi connectivity index (χ4n) is 5.35. The Morgan fingerprint density at radius 2 is 1.45 bits per heavy atom. The van der Waals surface area contributed by atoms with Crippen molar-refractivity contribution in [1.82, 2.24) is 9.55 Å². The first kappa shape index (κ1) is 29.3. The lowest BCUT2D eigenvalue weighted by Crippen LogP contribution is -2.49. The molecule has 42 heavy (non-hydrogen) atoms. The number of hydrogen-bond donors (Lipinski definition) is 2. The van der Waals surface area contributed by atoms with Crippen molar-refractivity contribution in [2.24, 2.45) is 0 Å². The van der Waals surface area contributed by atoms with Gasteiger partial charge in [0.1, 0.15) is 36.0 Å². The lowest BCUT2D eigenvalue weighted by Gasteiger charge is -2.40. The van der Waals surface area contributed by atoms with E-state index in [1.807, 2.05) is 78.9 Å². The molecule has 3 atom stereocenters. The van der Waals surface area contributed by atoms with E-state index in [-0.39, 0.29) is 13.0 Å². The smallest absolute Gasteiger partial charge is 0.330 e. The summed E-state index contributed by atoms with van der Waals surface area (Å²) in [5.41, 5.74) is 0.431. The average molecular weight is 575 g/mol. The van der Waals surface area contributed by atoms with E-state index in [1.54, 1.807) is 21.1 Å². The molecule has 5 rings (SSSR count). The van der Waals surface area contributed by atoms with Crippen molar-refractivity contribution in [3.05, 3.63) is 128 Å². The Hall–Kier alpha value is -4.22. The van der Waals surface area contributed by atoms with Gasteiger partial charge in [0.05, 0.1) is 14.2 Å². The van der Waals surface area contributed by atoms with E-state index < -0.39 is 35.0 Å². The highest BCUT2D eigenvalue weighted by molar-refractivity contribution is 5.49. The van der Waals surface area contributed by atoms with E-state index in [1.165, 1.54) is 17.9 Å². The minimum Gasteiger partial charge on any atom is -0.497 e. The molecule has 0 unspecified atom stereocenters. The minimum atomic E-state index is -1.63. The number of methoxy groups -OCH3 is 3. The molecule has 1 saturated heterocycles. The summed E-state index contributed by atoms with van der Waals surface area (Å²) < 4.78 is 31.0. The third-order valence-electron chi connectivity index (χ3n) is 7.73. The summed E-state index contributed by atoms with van der Waals surface area (Å²) >= 11 is 0. The Morgan fingerprint density at radius 3 is 1.98 bits per heavy atom. The number of aromatic amines is 1. The van der Waals surface area contributed by atoms with Gasteiger partial charge in [-0.2, -0.15) is 0 Å². The van der Waals surface area contributed by atoms with Crippen LogP contribution in [0.1, 0.15) is 34.9 Å². The van der Waals surface area contributed by atoms with E-state index in [9.17, 15) is 14.7 Å². The molecular weight excluding hydrogens is 540 g/mol. The summed E-state index contributed by atoms with van der Waals surface area (Å²) in [7, 11) is 4.62. The van der Waals surface area contributed by atoms with E-state index in [2.05, 4.69) is 4.98 Å². The van der Waals surface area contributed by atoms with Crippen LogP contribution in [0, 0.1) is 6.92 Å². The van der Waals surface area contributed by atoms with E-state index in [0.29, 0.717) is 17.1 Å². The predicted octanol–water partition coefficient (Wildman–Crippen LogP) is 3.49. The van der Waals surface area contributed by atoms with Crippen LogP contribution in [0.3, 0.4) is 0 Å². The van der Waals surface area contributed by atoms with Crippen molar-refractivity contribution in [3.8, 4) is 11.5 Å². The van der Waals surface area contributed by atoms with E-state index >= 15 is 0 Å². The maximum atomic E-state index is 12.6. The summed E-state index contributed by atoms with van der Waals surface area (Å²) in [6.45, 7) is 1.37. The van der Waals surface area contributed by atoms with Gasteiger partial charge in [-0.05, 0) is 47.9 Å². The molecule has 0 bridgehead atoms. The van der Waals surface area contributed by atoms with Crippen LogP contribution >= 0.6 is 0 Å². The van der Waals surface area contributed by atoms with Crippen LogP contribution in [0.4, 0.5) is 0 Å². The Balaban J connectivity index is 1.60. The van der Waals surface area contributed by atoms with Gasteiger partial charge in [0.15, 0.2) is 0 Å². The van der Waals surface area contributed by atoms with Crippen LogP contribution in [0.2, 0.25) is 0 Å². The number of nitrogens with one attached hydrogen (secondary N) is 1. The first-order valence-corrected chi connectivity index (χ1v) is 13.5. The van der Waals surface area contributed by atoms with Gasteiger partial charge in [-0.1, -0.05) is 54.6 Å². The van der Waals surface area contributed by atoms with Crippen molar-refractivity contribution in [1.29, 1.82) is 0 Å². The zero-order chi connectivity index (χ0) is 29.9. The molecule has 220 valence electrons. The van der Waals surface area contributed by atoms with E-state index in [4.69, 9.17) is 23.7 Å². The maximum absolute atomic E-state index is 12.6. The second-order valence-electron chi connectivity index (χ2n) is 10.1. The summed E-state index contributed by atoms with van der Waals surface area (Å²) in [4.78, 5) is 26.8. The number of benzene rings is 3. The Labute approximate surface area is 243 Å². The molecule has 0 saturated carbocycles. The van der Waals surface area contributed by atoms with Crippen LogP contribution in [-0.2, 0) is 19.8 Å². The van der Waals surface area contributed by atoms with Crippen LogP contribution in [-0.4, -0.2) is 54.5 Å². The Kier molecular flexibility index (Phi) is 8.33. The van der Waals surface area contributed by atoms with Gasteiger partial charge in [-0.15, -0.1) is 0 Å². The SMILES string of the molecule is COc1ccc(C(OC[C@]2(OC)O[C@@H](n3cc(C)c(=O)[nH]c3=O)C[C@@H]2O)(c2ccccc2)c2ccc(OC)cc2)cc1. The number of aryl methyl sites for hydroxylation is 1. The number of ether oxygens (including phenoxy) is 5. The summed E-state index contributed by atoms with van der Waals surface area (Å²) in [6.07, 6.45) is -0.619. The molecule has 10 heteroatoms. The molecule has 0 amide bonds. The van der Waals surface area contributed by atoms with Gasteiger partial charge in [0, 0.05) is 25.3 Å². The molecule has 1 aliphatic heterocycles. The second-order valence-corrected chi connectivity index (χ2v) is 10.1. The third-order valence-corrected chi connectivity index (χ3v) is 7.73. The number of aliphatic hydroxyl groups excluding tert-OH is 1. The molecule has 1 aromatic heterocycles. The zero-order valence-electron chi connectivity index (χ0n) is 23.9. The van der Waals surface area contributed by atoms with E-state index in [0.717, 1.165) is 16.7 Å². The van der Waals surface area contributed by atoms with Gasteiger partial charge in [0.25, 0.3) is 5.56 Å². The van der Waals surface area contributed by atoms with Gasteiger partial charge >= 0.3 is 5.69 Å². The fourth-order valence-corrected chi connectivity index (χ4v) is 5.35. The lowest BCUT2D eigenvalue weighted by atomic mass is 9.80. The van der Waals surface area contributed by atoms with Gasteiger partial charge < -0.3 is 28.8 Å². The number of hydrogen-bond acceptors (Lipinski definition) is 8. The van der Waals surface area contributed by atoms with Crippen molar-refractivity contribution < 1.29 is 28.8 Å². The second kappa shape index (κ2) is 11.9. The average Bonchev–Trinajstić information content (AvgIpc) is 3.36. The minimum absolute atomic E-state index is 0.0337. The van der Waals surface area contributed by atoms with Crippen LogP contribution < -0.4 is 20.7 Å². The lowest BCUT2D eigenvalue weighted by molar-refractivity contribution is -0.284. The molecule has 1 fully saturated rings. The monoisotopic (exact) mass is 574 g/mol. The Morgan fingerprint density at radius 1 is 0.905 bits per heavy atom. The molecule has 0 spiro atoms. The largest absolute Gasteiger partial charge is 0.497 e. The predicted molar refractivity (Wildman–Crippen MR) is 155 cm³/mol. The topological polar surface area (TPSA) is 121 Å². The number of aromatic nitrogens is 2. The molecule has 3 aromatic carbocycles. The fraction of sp³-hybridized carbons (Fsp3) is 0.312. The molecule has 4 aromatic rings. The molecule has 0 radical (unpaired) electrons. The molecule has 10 nitrogen and oxygen atoms in total. The highest BCUT2D eigenvalue weighted by Crippen LogP contribution is 2.44. The van der Waals surface area contributed by atoms with Crippen LogP contribution in [0.15, 0.2) is 94.6 Å². The molecule has 2 heterocycles. The van der Waals surface area contributed by atoms with Gasteiger partial charge in [-0.25, -0.2) is 4.79 Å². The zero-order valence-corrected chi connectivity index (χ0v) is 23.9. The highest BCUT2D eigenvalue weighted by atomic mass is 16.7. The quantitative estimate of drug-likeness (QED) is 0.276.